The molecule has 2 rings (SSSR count). The molecule has 0 atom stereocenters. The van der Waals surface area contributed by atoms with Crippen molar-refractivity contribution in [1.29, 1.82) is 0 Å². The lowest BCUT2D eigenvalue weighted by atomic mass is 9.63. The molecule has 0 aliphatic heterocycles. The Bertz CT molecular complexity index is 622. The first-order valence-corrected chi connectivity index (χ1v) is 7.21. The lowest BCUT2D eigenvalue weighted by Gasteiger charge is -2.37. The number of ketones is 1. The molecule has 0 bridgehead atoms. The van der Waals surface area contributed by atoms with E-state index in [1.807, 2.05) is 0 Å². The summed E-state index contributed by atoms with van der Waals surface area (Å²) >= 11 is 0. The van der Waals surface area contributed by atoms with Crippen molar-refractivity contribution >= 4 is 21.6 Å². The Kier molecular flexibility index (Phi) is 2.77. The molecule has 5 nitrogen and oxygen atoms in total. The summed E-state index contributed by atoms with van der Waals surface area (Å²) in [7, 11) is -3.52. The lowest BCUT2D eigenvalue weighted by molar-refractivity contribution is -0.153. The van der Waals surface area contributed by atoms with E-state index in [-0.39, 0.29) is 29.1 Å². The average Bonchev–Trinajstić information content (AvgIpc) is 2.23. The van der Waals surface area contributed by atoms with Gasteiger partial charge in [-0.2, -0.15) is 0 Å². The SMILES string of the molecule is CS(=O)(=O)c1ccccc1C1(C(=O)O)CC(=O)C1. The second-order valence-corrected chi connectivity index (χ2v) is 6.53. The number of carbonyl (C=O) groups excluding carboxylic acids is 1. The van der Waals surface area contributed by atoms with Gasteiger partial charge in [0.15, 0.2) is 9.84 Å². The number of hydrogen-bond donors (Lipinski definition) is 1. The van der Waals surface area contributed by atoms with Crippen molar-refractivity contribution in [2.45, 2.75) is 23.2 Å². The van der Waals surface area contributed by atoms with Crippen LogP contribution in [-0.4, -0.2) is 31.5 Å². The van der Waals surface area contributed by atoms with Crippen LogP contribution in [0.3, 0.4) is 0 Å². The summed E-state index contributed by atoms with van der Waals surface area (Å²) in [4.78, 5) is 22.5. The largest absolute Gasteiger partial charge is 0.481 e. The number of sulfone groups is 1. The molecular formula is C12H12O5S. The van der Waals surface area contributed by atoms with Gasteiger partial charge in [-0.25, -0.2) is 8.42 Å². The molecule has 1 aromatic rings. The number of rotatable bonds is 3. The summed E-state index contributed by atoms with van der Waals surface area (Å²) in [5, 5.41) is 9.30. The van der Waals surface area contributed by atoms with Crippen LogP contribution in [0, 0.1) is 0 Å². The maximum atomic E-state index is 11.7. The number of benzene rings is 1. The zero-order valence-corrected chi connectivity index (χ0v) is 10.5. The third-order valence-electron chi connectivity index (χ3n) is 3.21. The van der Waals surface area contributed by atoms with Crippen LogP contribution >= 0.6 is 0 Å². The summed E-state index contributed by atoms with van der Waals surface area (Å²) < 4.78 is 23.3. The van der Waals surface area contributed by atoms with E-state index in [0.717, 1.165) is 6.26 Å². The zero-order valence-electron chi connectivity index (χ0n) is 9.71. The molecule has 1 N–H and O–H groups in total. The van der Waals surface area contributed by atoms with Crippen molar-refractivity contribution in [3.8, 4) is 0 Å². The first kappa shape index (κ1) is 12.8. The van der Waals surface area contributed by atoms with Crippen LogP contribution in [0.1, 0.15) is 18.4 Å². The van der Waals surface area contributed by atoms with Gasteiger partial charge in [0.05, 0.1) is 4.90 Å². The lowest BCUT2D eigenvalue weighted by Crippen LogP contribution is -2.49. The number of aliphatic carboxylic acids is 1. The molecule has 0 amide bonds. The van der Waals surface area contributed by atoms with Crippen LogP contribution in [0.25, 0.3) is 0 Å². The highest BCUT2D eigenvalue weighted by atomic mass is 32.2. The number of carboxylic acids is 1. The van der Waals surface area contributed by atoms with Gasteiger partial charge in [0.1, 0.15) is 11.2 Å². The van der Waals surface area contributed by atoms with Gasteiger partial charge in [0.2, 0.25) is 0 Å². The molecule has 0 spiro atoms. The monoisotopic (exact) mass is 268 g/mol. The van der Waals surface area contributed by atoms with E-state index in [4.69, 9.17) is 0 Å². The highest BCUT2D eigenvalue weighted by Gasteiger charge is 2.53. The van der Waals surface area contributed by atoms with E-state index in [0.29, 0.717) is 0 Å². The first-order chi connectivity index (χ1) is 8.27. The van der Waals surface area contributed by atoms with Crippen LogP contribution in [0.4, 0.5) is 0 Å². The Balaban J connectivity index is 2.65. The predicted molar refractivity (Wildman–Crippen MR) is 63.1 cm³/mol. The molecule has 1 aliphatic rings. The Hall–Kier alpha value is -1.69. The van der Waals surface area contributed by atoms with Gasteiger partial charge < -0.3 is 5.11 Å². The maximum absolute atomic E-state index is 11.7. The molecule has 1 fully saturated rings. The highest BCUT2D eigenvalue weighted by molar-refractivity contribution is 7.90. The number of carboxylic acid groups (broad SMARTS) is 1. The second-order valence-electron chi connectivity index (χ2n) is 4.55. The molecule has 1 aromatic carbocycles. The van der Waals surface area contributed by atoms with Gasteiger partial charge >= 0.3 is 5.97 Å². The fraction of sp³-hybridized carbons (Fsp3) is 0.333. The van der Waals surface area contributed by atoms with E-state index in [9.17, 15) is 23.1 Å². The molecule has 18 heavy (non-hydrogen) atoms. The third kappa shape index (κ3) is 1.82. The Labute approximate surface area is 104 Å². The Morgan fingerprint density at radius 1 is 1.28 bits per heavy atom. The van der Waals surface area contributed by atoms with E-state index in [2.05, 4.69) is 0 Å². The fourth-order valence-corrected chi connectivity index (χ4v) is 3.25. The third-order valence-corrected chi connectivity index (χ3v) is 4.36. The van der Waals surface area contributed by atoms with Crippen LogP contribution in [0.5, 0.6) is 0 Å². The maximum Gasteiger partial charge on any atom is 0.315 e. The summed E-state index contributed by atoms with van der Waals surface area (Å²) in [6.07, 6.45) is 0.742. The van der Waals surface area contributed by atoms with E-state index in [1.54, 1.807) is 6.07 Å². The molecule has 0 unspecified atom stereocenters. The van der Waals surface area contributed by atoms with Crippen LogP contribution in [0.2, 0.25) is 0 Å². The summed E-state index contributed by atoms with van der Waals surface area (Å²) in [5.74, 6) is -1.32. The number of hydrogen-bond acceptors (Lipinski definition) is 4. The van der Waals surface area contributed by atoms with Gasteiger partial charge in [-0.15, -0.1) is 0 Å². The van der Waals surface area contributed by atoms with E-state index >= 15 is 0 Å². The molecule has 0 heterocycles. The van der Waals surface area contributed by atoms with Gasteiger partial charge in [-0.05, 0) is 11.6 Å². The van der Waals surface area contributed by atoms with Gasteiger partial charge in [-0.3, -0.25) is 9.59 Å². The summed E-state index contributed by atoms with van der Waals surface area (Å²) in [6, 6.07) is 5.96. The van der Waals surface area contributed by atoms with Crippen molar-refractivity contribution in [3.63, 3.8) is 0 Å². The van der Waals surface area contributed by atoms with Crippen LogP contribution in [-0.2, 0) is 24.8 Å². The summed E-state index contributed by atoms with van der Waals surface area (Å²) in [6.45, 7) is 0. The highest BCUT2D eigenvalue weighted by Crippen LogP contribution is 2.44. The van der Waals surface area contributed by atoms with Crippen molar-refractivity contribution in [2.24, 2.45) is 0 Å². The van der Waals surface area contributed by atoms with Gasteiger partial charge in [-0.1, -0.05) is 18.2 Å². The Morgan fingerprint density at radius 2 is 1.83 bits per heavy atom. The minimum atomic E-state index is -3.52. The van der Waals surface area contributed by atoms with Crippen LogP contribution < -0.4 is 0 Å². The minimum absolute atomic E-state index is 0.0140. The quantitative estimate of drug-likeness (QED) is 0.875. The predicted octanol–water partition coefficient (Wildman–Crippen LogP) is 0.775. The molecule has 1 saturated carbocycles. The van der Waals surface area contributed by atoms with Crippen LogP contribution in [0.15, 0.2) is 29.2 Å². The van der Waals surface area contributed by atoms with Crippen molar-refractivity contribution in [2.75, 3.05) is 6.26 Å². The smallest absolute Gasteiger partial charge is 0.315 e. The van der Waals surface area contributed by atoms with Gasteiger partial charge in [0, 0.05) is 19.1 Å². The standard InChI is InChI=1S/C12H12O5S/c1-18(16,17)10-5-3-2-4-9(10)12(11(14)15)6-8(13)7-12/h2-5H,6-7H2,1H3,(H,14,15). The summed E-state index contributed by atoms with van der Waals surface area (Å²) in [5.41, 5.74) is -1.17. The average molecular weight is 268 g/mol. The molecule has 0 saturated heterocycles. The normalized spacial score (nSPS) is 18.2. The molecule has 1 aliphatic carbocycles. The Morgan fingerprint density at radius 3 is 2.28 bits per heavy atom. The van der Waals surface area contributed by atoms with Crippen molar-refractivity contribution in [3.05, 3.63) is 29.8 Å². The second kappa shape index (κ2) is 3.91. The number of Topliss-reactive ketones (excluding diaryl/α,β-unsaturated/α-hetero) is 1. The number of carbonyl (C=O) groups is 2. The topological polar surface area (TPSA) is 88.5 Å². The molecule has 6 heteroatoms. The molecule has 96 valence electrons. The minimum Gasteiger partial charge on any atom is -0.481 e. The van der Waals surface area contributed by atoms with Gasteiger partial charge in [0.25, 0.3) is 0 Å². The zero-order chi connectivity index (χ0) is 13.6. The van der Waals surface area contributed by atoms with E-state index < -0.39 is 21.2 Å². The molecular weight excluding hydrogens is 256 g/mol. The van der Waals surface area contributed by atoms with E-state index in [1.165, 1.54) is 18.2 Å². The first-order valence-electron chi connectivity index (χ1n) is 5.32. The van der Waals surface area contributed by atoms with Crippen molar-refractivity contribution < 1.29 is 23.1 Å². The fourth-order valence-electron chi connectivity index (χ4n) is 2.26. The van der Waals surface area contributed by atoms with Crippen molar-refractivity contribution in [1.82, 2.24) is 0 Å². The molecule has 0 aromatic heterocycles. The molecule has 0 radical (unpaired) electrons.